The monoisotopic (exact) mass is 439 g/mol. The van der Waals surface area contributed by atoms with Crippen LogP contribution in [-0.4, -0.2) is 17.5 Å². The fourth-order valence-electron chi connectivity index (χ4n) is 4.65. The van der Waals surface area contributed by atoms with E-state index in [4.69, 9.17) is 9.47 Å². The minimum absolute atomic E-state index is 0.222. The van der Waals surface area contributed by atoms with E-state index >= 15 is 0 Å². The quantitative estimate of drug-likeness (QED) is 0.400. The predicted molar refractivity (Wildman–Crippen MR) is 129 cm³/mol. The molecule has 0 fully saturated rings. The van der Waals surface area contributed by atoms with E-state index in [2.05, 4.69) is 6.92 Å². The van der Waals surface area contributed by atoms with Crippen molar-refractivity contribution in [2.45, 2.75) is 26.4 Å². The summed E-state index contributed by atoms with van der Waals surface area (Å²) in [5, 5.41) is 1.27. The fraction of sp³-hybridized carbons (Fsp3) is 0.214. The molecule has 5 nitrogen and oxygen atoms in total. The molecule has 0 N–H and O–H groups in total. The molecule has 5 heteroatoms. The molecule has 1 aromatic heterocycles. The molecule has 5 rings (SSSR count). The maximum absolute atomic E-state index is 13.2. The lowest BCUT2D eigenvalue weighted by Gasteiger charge is -2.23. The van der Waals surface area contributed by atoms with Crippen molar-refractivity contribution in [2.75, 3.05) is 6.61 Å². The highest BCUT2D eigenvalue weighted by atomic mass is 16.5. The minimum atomic E-state index is -0.222. The van der Waals surface area contributed by atoms with Crippen LogP contribution in [0.5, 0.6) is 11.5 Å². The van der Waals surface area contributed by atoms with Gasteiger partial charge in [0.05, 0.1) is 17.7 Å². The van der Waals surface area contributed by atoms with Crippen LogP contribution in [0.2, 0.25) is 0 Å². The molecule has 0 aliphatic carbocycles. The molecular weight excluding hydrogens is 414 g/mol. The van der Waals surface area contributed by atoms with Crippen LogP contribution in [0.3, 0.4) is 0 Å². The normalized spacial score (nSPS) is 12.8. The van der Waals surface area contributed by atoms with Crippen LogP contribution < -0.4 is 15.0 Å². The number of hydrogen-bond donors (Lipinski definition) is 0. The van der Waals surface area contributed by atoms with E-state index in [9.17, 15) is 9.59 Å². The standard InChI is InChI=1S/C28H25NO4/c1-18-21-9-6-14-32-26(21)13-12-22(18)27-23-11-10-20(33-17-19-7-4-3-5-8-19)15-24(23)28(31)29(2)25(27)16-30/h3-5,7-8,10-13,15-16H,6,9,14,17H2,1-2H3. The summed E-state index contributed by atoms with van der Waals surface area (Å²) in [4.78, 5) is 25.3. The van der Waals surface area contributed by atoms with Gasteiger partial charge in [-0.15, -0.1) is 0 Å². The van der Waals surface area contributed by atoms with Gasteiger partial charge in [0.2, 0.25) is 0 Å². The van der Waals surface area contributed by atoms with Gasteiger partial charge in [-0.1, -0.05) is 36.4 Å². The second-order valence-electron chi connectivity index (χ2n) is 8.39. The number of pyridine rings is 1. The zero-order valence-corrected chi connectivity index (χ0v) is 18.8. The summed E-state index contributed by atoms with van der Waals surface area (Å²) >= 11 is 0. The molecule has 0 bridgehead atoms. The van der Waals surface area contributed by atoms with Crippen LogP contribution in [0, 0.1) is 6.92 Å². The molecule has 33 heavy (non-hydrogen) atoms. The van der Waals surface area contributed by atoms with Gasteiger partial charge in [-0.25, -0.2) is 0 Å². The number of carbonyl (C=O) groups excluding carboxylic acids is 1. The third-order valence-electron chi connectivity index (χ3n) is 6.43. The topological polar surface area (TPSA) is 57.5 Å². The second kappa shape index (κ2) is 8.58. The summed E-state index contributed by atoms with van der Waals surface area (Å²) in [5.41, 5.74) is 5.15. The van der Waals surface area contributed by atoms with Crippen LogP contribution in [0.25, 0.3) is 21.9 Å². The number of ether oxygens (including phenoxy) is 2. The van der Waals surface area contributed by atoms with Gasteiger partial charge in [0.25, 0.3) is 5.56 Å². The number of nitrogens with zero attached hydrogens (tertiary/aromatic N) is 1. The first kappa shape index (κ1) is 21.0. The van der Waals surface area contributed by atoms with E-state index in [0.29, 0.717) is 23.4 Å². The number of hydrogen-bond acceptors (Lipinski definition) is 4. The summed E-state index contributed by atoms with van der Waals surface area (Å²) < 4.78 is 13.2. The molecule has 0 saturated heterocycles. The zero-order valence-electron chi connectivity index (χ0n) is 18.8. The molecular formula is C28H25NO4. The Balaban J connectivity index is 1.66. The SMILES string of the molecule is Cc1c(-c2c(C=O)n(C)c(=O)c3cc(OCc4ccccc4)ccc23)ccc2c1CCCO2. The van der Waals surface area contributed by atoms with Crippen molar-refractivity contribution in [3.8, 4) is 22.6 Å². The maximum atomic E-state index is 13.2. The molecule has 0 unspecified atom stereocenters. The Bertz CT molecular complexity index is 1420. The van der Waals surface area contributed by atoms with Crippen LogP contribution >= 0.6 is 0 Å². The average molecular weight is 440 g/mol. The first-order valence-electron chi connectivity index (χ1n) is 11.1. The molecule has 0 radical (unpaired) electrons. The number of aldehydes is 1. The van der Waals surface area contributed by atoms with Crippen molar-refractivity contribution in [1.29, 1.82) is 0 Å². The van der Waals surface area contributed by atoms with Crippen molar-refractivity contribution in [3.63, 3.8) is 0 Å². The van der Waals surface area contributed by atoms with E-state index in [1.807, 2.05) is 54.6 Å². The zero-order chi connectivity index (χ0) is 22.9. The van der Waals surface area contributed by atoms with E-state index < -0.39 is 0 Å². The Morgan fingerprint density at radius 2 is 1.88 bits per heavy atom. The molecule has 1 aliphatic rings. The molecule has 166 valence electrons. The Morgan fingerprint density at radius 3 is 2.67 bits per heavy atom. The highest BCUT2D eigenvalue weighted by Crippen LogP contribution is 2.38. The molecule has 4 aromatic rings. The van der Waals surface area contributed by atoms with Crippen LogP contribution in [0.4, 0.5) is 0 Å². The van der Waals surface area contributed by atoms with Gasteiger partial charge in [0, 0.05) is 12.6 Å². The molecule has 1 aliphatic heterocycles. The molecule has 2 heterocycles. The van der Waals surface area contributed by atoms with Crippen molar-refractivity contribution < 1.29 is 14.3 Å². The highest BCUT2D eigenvalue weighted by Gasteiger charge is 2.21. The number of rotatable bonds is 5. The number of fused-ring (bicyclic) bond motifs is 2. The lowest BCUT2D eigenvalue weighted by atomic mass is 9.89. The maximum Gasteiger partial charge on any atom is 0.258 e. The van der Waals surface area contributed by atoms with Gasteiger partial charge in [-0.2, -0.15) is 0 Å². The number of benzene rings is 3. The van der Waals surface area contributed by atoms with Crippen molar-refractivity contribution in [1.82, 2.24) is 4.57 Å². The fourth-order valence-corrected chi connectivity index (χ4v) is 4.65. The number of aromatic nitrogens is 1. The Kier molecular flexibility index (Phi) is 5.47. The summed E-state index contributed by atoms with van der Waals surface area (Å²) in [6.07, 6.45) is 2.67. The number of carbonyl (C=O) groups is 1. The molecule has 0 saturated carbocycles. The lowest BCUT2D eigenvalue weighted by molar-refractivity contribution is 0.111. The molecule has 0 atom stereocenters. The smallest absolute Gasteiger partial charge is 0.258 e. The van der Waals surface area contributed by atoms with Gasteiger partial charge in [-0.05, 0) is 71.7 Å². The third-order valence-corrected chi connectivity index (χ3v) is 6.43. The van der Waals surface area contributed by atoms with Crippen molar-refractivity contribution >= 4 is 17.1 Å². The van der Waals surface area contributed by atoms with Crippen LogP contribution in [0.1, 0.15) is 33.6 Å². The highest BCUT2D eigenvalue weighted by molar-refractivity contribution is 6.04. The second-order valence-corrected chi connectivity index (χ2v) is 8.39. The average Bonchev–Trinajstić information content (AvgIpc) is 2.86. The van der Waals surface area contributed by atoms with E-state index in [0.717, 1.165) is 59.1 Å². The van der Waals surface area contributed by atoms with Crippen molar-refractivity contribution in [3.05, 3.63) is 93.4 Å². The Morgan fingerprint density at radius 1 is 1.06 bits per heavy atom. The summed E-state index contributed by atoms with van der Waals surface area (Å²) in [7, 11) is 1.64. The Labute approximate surface area is 192 Å². The summed E-state index contributed by atoms with van der Waals surface area (Å²) in [5.74, 6) is 1.52. The Hall–Kier alpha value is -3.86. The molecule has 0 spiro atoms. The van der Waals surface area contributed by atoms with Gasteiger partial charge < -0.3 is 14.0 Å². The summed E-state index contributed by atoms with van der Waals surface area (Å²) in [6, 6.07) is 19.4. The minimum Gasteiger partial charge on any atom is -0.493 e. The molecule has 0 amide bonds. The van der Waals surface area contributed by atoms with E-state index in [-0.39, 0.29) is 5.56 Å². The van der Waals surface area contributed by atoms with E-state index in [1.54, 1.807) is 13.1 Å². The third kappa shape index (κ3) is 3.69. The lowest BCUT2D eigenvalue weighted by Crippen LogP contribution is -2.22. The first-order valence-corrected chi connectivity index (χ1v) is 11.1. The largest absolute Gasteiger partial charge is 0.493 e. The van der Waals surface area contributed by atoms with E-state index in [1.165, 1.54) is 10.1 Å². The van der Waals surface area contributed by atoms with Gasteiger partial charge in [0.1, 0.15) is 18.1 Å². The van der Waals surface area contributed by atoms with Gasteiger partial charge >= 0.3 is 0 Å². The first-order chi connectivity index (χ1) is 16.1. The molecule has 3 aromatic carbocycles. The van der Waals surface area contributed by atoms with Crippen LogP contribution in [-0.2, 0) is 20.1 Å². The summed E-state index contributed by atoms with van der Waals surface area (Å²) in [6.45, 7) is 3.20. The van der Waals surface area contributed by atoms with Gasteiger partial charge in [-0.3, -0.25) is 9.59 Å². The predicted octanol–water partition coefficient (Wildman–Crippen LogP) is 5.23. The van der Waals surface area contributed by atoms with Crippen LogP contribution in [0.15, 0.2) is 65.5 Å². The van der Waals surface area contributed by atoms with Crippen molar-refractivity contribution in [2.24, 2.45) is 7.05 Å². The van der Waals surface area contributed by atoms with Gasteiger partial charge in [0.15, 0.2) is 6.29 Å².